The van der Waals surface area contributed by atoms with Crippen molar-refractivity contribution in [2.24, 2.45) is 0 Å². The summed E-state index contributed by atoms with van der Waals surface area (Å²) < 4.78 is 16.3. The molecule has 5 nitrogen and oxygen atoms in total. The van der Waals surface area contributed by atoms with Crippen LogP contribution in [0, 0.1) is 0 Å². The van der Waals surface area contributed by atoms with Gasteiger partial charge in [-0.15, -0.1) is 0 Å². The number of nitrogens with zero attached hydrogens (tertiary/aromatic N) is 1. The predicted molar refractivity (Wildman–Crippen MR) is 76.2 cm³/mol. The van der Waals surface area contributed by atoms with E-state index in [0.717, 1.165) is 24.4 Å². The van der Waals surface area contributed by atoms with Gasteiger partial charge in [-0.2, -0.15) is 4.98 Å². The fourth-order valence-electron chi connectivity index (χ4n) is 1.59. The Morgan fingerprint density at radius 2 is 1.90 bits per heavy atom. The van der Waals surface area contributed by atoms with Gasteiger partial charge >= 0.3 is 6.08 Å². The molecule has 1 heterocycles. The summed E-state index contributed by atoms with van der Waals surface area (Å²) in [5, 5.41) is 3.17. The third-order valence-corrected chi connectivity index (χ3v) is 2.59. The van der Waals surface area contributed by atoms with Gasteiger partial charge in [0, 0.05) is 6.54 Å². The fourth-order valence-corrected chi connectivity index (χ4v) is 1.59. The highest BCUT2D eigenvalue weighted by molar-refractivity contribution is 5.32. The minimum Gasteiger partial charge on any atom is -0.494 e. The van der Waals surface area contributed by atoms with Gasteiger partial charge in [-0.1, -0.05) is 13.8 Å². The number of rotatable bonds is 8. The minimum absolute atomic E-state index is 0.250. The molecule has 108 valence electrons. The van der Waals surface area contributed by atoms with E-state index in [1.165, 1.54) is 0 Å². The van der Waals surface area contributed by atoms with E-state index in [1.807, 2.05) is 31.2 Å². The highest BCUT2D eigenvalue weighted by Crippen LogP contribution is 2.23. The van der Waals surface area contributed by atoms with Gasteiger partial charge in [0.1, 0.15) is 17.8 Å². The van der Waals surface area contributed by atoms with Crippen LogP contribution in [0.25, 0.3) is 0 Å². The van der Waals surface area contributed by atoms with Gasteiger partial charge in [-0.05, 0) is 37.2 Å². The van der Waals surface area contributed by atoms with Crippen LogP contribution in [0.15, 0.2) is 34.9 Å². The largest absolute Gasteiger partial charge is 0.494 e. The second-order valence-electron chi connectivity index (χ2n) is 4.31. The Bertz CT molecular complexity index is 508. The van der Waals surface area contributed by atoms with Crippen LogP contribution < -0.4 is 14.8 Å². The summed E-state index contributed by atoms with van der Waals surface area (Å²) in [6, 6.07) is 7.40. The Hall–Kier alpha value is -2.01. The molecule has 1 N–H and O–H groups in total. The lowest BCUT2D eigenvalue weighted by Gasteiger charge is -2.05. The molecule has 0 aliphatic carbocycles. The zero-order chi connectivity index (χ0) is 14.2. The molecule has 2 rings (SSSR count). The van der Waals surface area contributed by atoms with Crippen LogP contribution in [-0.2, 0) is 6.54 Å². The first kappa shape index (κ1) is 14.4. The number of hydrogen-bond donors (Lipinski definition) is 1. The molecule has 0 radical (unpaired) electrons. The van der Waals surface area contributed by atoms with E-state index in [4.69, 9.17) is 13.9 Å². The summed E-state index contributed by atoms with van der Waals surface area (Å²) in [5.41, 5.74) is 0.824. The highest BCUT2D eigenvalue weighted by atomic mass is 16.6. The summed E-state index contributed by atoms with van der Waals surface area (Å²) in [5.74, 6) is 1.50. The first-order valence-electron chi connectivity index (χ1n) is 6.87. The third-order valence-electron chi connectivity index (χ3n) is 2.59. The van der Waals surface area contributed by atoms with E-state index in [9.17, 15) is 0 Å². The summed E-state index contributed by atoms with van der Waals surface area (Å²) >= 11 is 0. The Balaban J connectivity index is 1.90. The second-order valence-corrected chi connectivity index (χ2v) is 4.31. The van der Waals surface area contributed by atoms with Gasteiger partial charge in [0.2, 0.25) is 0 Å². The molecule has 0 fully saturated rings. The van der Waals surface area contributed by atoms with Crippen molar-refractivity contribution in [3.8, 4) is 17.6 Å². The smallest absolute Gasteiger partial charge is 0.399 e. The van der Waals surface area contributed by atoms with E-state index in [0.29, 0.717) is 18.9 Å². The first-order valence-corrected chi connectivity index (χ1v) is 6.87. The number of nitrogens with one attached hydrogen (secondary N) is 1. The minimum atomic E-state index is 0.250. The van der Waals surface area contributed by atoms with Crippen molar-refractivity contribution in [2.45, 2.75) is 26.8 Å². The molecule has 0 spiro atoms. The molecule has 0 unspecified atom stereocenters. The van der Waals surface area contributed by atoms with Crippen molar-refractivity contribution in [3.05, 3.63) is 36.2 Å². The Morgan fingerprint density at radius 3 is 2.60 bits per heavy atom. The van der Waals surface area contributed by atoms with Crippen LogP contribution in [0.4, 0.5) is 0 Å². The summed E-state index contributed by atoms with van der Waals surface area (Å²) in [4.78, 5) is 4.23. The Morgan fingerprint density at radius 1 is 1.15 bits per heavy atom. The van der Waals surface area contributed by atoms with Crippen molar-refractivity contribution in [2.75, 3.05) is 13.2 Å². The number of aromatic nitrogens is 1. The van der Waals surface area contributed by atoms with Crippen LogP contribution in [0.1, 0.15) is 26.0 Å². The molecule has 5 heteroatoms. The molecule has 1 aromatic heterocycles. The van der Waals surface area contributed by atoms with Crippen molar-refractivity contribution in [3.63, 3.8) is 0 Å². The van der Waals surface area contributed by atoms with E-state index < -0.39 is 0 Å². The van der Waals surface area contributed by atoms with E-state index >= 15 is 0 Å². The van der Waals surface area contributed by atoms with Crippen molar-refractivity contribution in [1.82, 2.24) is 10.3 Å². The van der Waals surface area contributed by atoms with Gasteiger partial charge in [-0.25, -0.2) is 0 Å². The highest BCUT2D eigenvalue weighted by Gasteiger charge is 2.06. The number of oxazole rings is 1. The van der Waals surface area contributed by atoms with Gasteiger partial charge in [0.25, 0.3) is 0 Å². The summed E-state index contributed by atoms with van der Waals surface area (Å²) in [6.07, 6.45) is 2.83. The van der Waals surface area contributed by atoms with E-state index in [1.54, 1.807) is 6.26 Å². The quantitative estimate of drug-likeness (QED) is 0.801. The van der Waals surface area contributed by atoms with Crippen molar-refractivity contribution >= 4 is 0 Å². The summed E-state index contributed by atoms with van der Waals surface area (Å²) in [7, 11) is 0. The lowest BCUT2D eigenvalue weighted by molar-refractivity contribution is 0.314. The summed E-state index contributed by atoms with van der Waals surface area (Å²) in [6.45, 7) is 6.40. The number of hydrogen-bond acceptors (Lipinski definition) is 5. The Labute approximate surface area is 118 Å². The van der Waals surface area contributed by atoms with E-state index in [2.05, 4.69) is 17.2 Å². The van der Waals surface area contributed by atoms with Crippen molar-refractivity contribution < 1.29 is 13.9 Å². The Kier molecular flexibility index (Phi) is 5.43. The molecule has 0 atom stereocenters. The SMILES string of the molecule is CCCOc1ccc(Oc2nc(CNCC)co2)cc1. The maximum Gasteiger partial charge on any atom is 0.399 e. The maximum atomic E-state index is 5.54. The lowest BCUT2D eigenvalue weighted by atomic mass is 10.3. The fraction of sp³-hybridized carbons (Fsp3) is 0.400. The molecule has 0 saturated heterocycles. The first-order chi connectivity index (χ1) is 9.81. The second kappa shape index (κ2) is 7.55. The average Bonchev–Trinajstić information content (AvgIpc) is 2.92. The molecule has 0 aliphatic rings. The molecule has 1 aromatic carbocycles. The third kappa shape index (κ3) is 4.28. The number of ether oxygens (including phenoxy) is 2. The molecule has 2 aromatic rings. The molecule has 0 aliphatic heterocycles. The predicted octanol–water partition coefficient (Wildman–Crippen LogP) is 3.37. The van der Waals surface area contributed by atoms with Crippen LogP contribution in [0.5, 0.6) is 17.6 Å². The zero-order valence-electron chi connectivity index (χ0n) is 11.9. The molecule has 0 amide bonds. The molecular weight excluding hydrogens is 256 g/mol. The number of benzene rings is 1. The maximum absolute atomic E-state index is 5.54. The van der Waals surface area contributed by atoms with E-state index in [-0.39, 0.29) is 6.08 Å². The topological polar surface area (TPSA) is 56.5 Å². The molecular formula is C15H20N2O3. The average molecular weight is 276 g/mol. The van der Waals surface area contributed by atoms with Crippen molar-refractivity contribution in [1.29, 1.82) is 0 Å². The van der Waals surface area contributed by atoms with Crippen LogP contribution in [0.2, 0.25) is 0 Å². The standard InChI is InChI=1S/C15H20N2O3/c1-3-9-18-13-5-7-14(8-6-13)20-15-17-12(11-19-15)10-16-4-2/h5-8,11,16H,3-4,9-10H2,1-2H3. The van der Waals surface area contributed by atoms with Gasteiger partial charge in [0.05, 0.1) is 12.3 Å². The lowest BCUT2D eigenvalue weighted by Crippen LogP contribution is -2.11. The normalized spacial score (nSPS) is 10.5. The monoisotopic (exact) mass is 276 g/mol. The van der Waals surface area contributed by atoms with Crippen LogP contribution in [0.3, 0.4) is 0 Å². The molecule has 0 saturated carbocycles. The zero-order valence-corrected chi connectivity index (χ0v) is 11.9. The van der Waals surface area contributed by atoms with Crippen LogP contribution >= 0.6 is 0 Å². The van der Waals surface area contributed by atoms with Gasteiger partial charge in [0.15, 0.2) is 0 Å². The van der Waals surface area contributed by atoms with Gasteiger partial charge in [-0.3, -0.25) is 0 Å². The van der Waals surface area contributed by atoms with Crippen LogP contribution in [-0.4, -0.2) is 18.1 Å². The van der Waals surface area contributed by atoms with Gasteiger partial charge < -0.3 is 19.2 Å². The molecule has 0 bridgehead atoms. The molecule has 20 heavy (non-hydrogen) atoms.